The summed E-state index contributed by atoms with van der Waals surface area (Å²) in [4.78, 5) is 23.6. The zero-order valence-electron chi connectivity index (χ0n) is 6.46. The average molecular weight is 168 g/mol. The van der Waals surface area contributed by atoms with Crippen molar-refractivity contribution >= 4 is 11.8 Å². The maximum atomic E-state index is 10.6. The molecule has 1 rings (SSSR count). The van der Waals surface area contributed by atoms with Crippen LogP contribution in [0.15, 0.2) is 23.1 Å². The van der Waals surface area contributed by atoms with Crippen molar-refractivity contribution in [1.82, 2.24) is 4.98 Å². The molecule has 1 amide bonds. The molecule has 0 bridgehead atoms. The predicted octanol–water partition coefficient (Wildman–Crippen LogP) is 0.553. The largest absolute Gasteiger partial charge is 0.453 e. The number of hydrogen-bond acceptors (Lipinski definition) is 3. The summed E-state index contributed by atoms with van der Waals surface area (Å²) in [5.74, 6) is 0. The highest BCUT2D eigenvalue weighted by Gasteiger charge is 1.98. The van der Waals surface area contributed by atoms with Crippen molar-refractivity contribution in [2.24, 2.45) is 0 Å². The Bertz CT molecular complexity index is 311. The van der Waals surface area contributed by atoms with Crippen LogP contribution in [0.4, 0.5) is 10.5 Å². The highest BCUT2D eigenvalue weighted by Crippen LogP contribution is 2.00. The molecule has 5 heteroatoms. The van der Waals surface area contributed by atoms with Crippen LogP contribution in [0.3, 0.4) is 0 Å². The minimum atomic E-state index is -0.568. The van der Waals surface area contributed by atoms with E-state index in [4.69, 9.17) is 0 Å². The second-order valence-electron chi connectivity index (χ2n) is 2.06. The van der Waals surface area contributed by atoms with E-state index in [2.05, 4.69) is 15.0 Å². The molecule has 0 aliphatic rings. The Kier molecular flexibility index (Phi) is 2.47. The van der Waals surface area contributed by atoms with Crippen LogP contribution in [0.25, 0.3) is 0 Å². The molecule has 5 nitrogen and oxygen atoms in total. The number of hydrogen-bond donors (Lipinski definition) is 2. The summed E-state index contributed by atoms with van der Waals surface area (Å²) >= 11 is 0. The van der Waals surface area contributed by atoms with Gasteiger partial charge in [-0.1, -0.05) is 0 Å². The molecule has 0 saturated heterocycles. The standard InChI is InChI=1S/C7H8N2O3/c1-12-7(11)9-5-2-3-6(10)8-4-5/h2-4H,1H3,(H,8,10)(H,9,11). The minimum absolute atomic E-state index is 0.217. The first-order valence-corrected chi connectivity index (χ1v) is 3.26. The lowest BCUT2D eigenvalue weighted by Gasteiger charge is -2.00. The van der Waals surface area contributed by atoms with Crippen molar-refractivity contribution in [3.63, 3.8) is 0 Å². The second kappa shape index (κ2) is 3.56. The Morgan fingerprint density at radius 1 is 1.58 bits per heavy atom. The van der Waals surface area contributed by atoms with Crippen molar-refractivity contribution in [3.8, 4) is 0 Å². The van der Waals surface area contributed by atoms with Gasteiger partial charge in [-0.15, -0.1) is 0 Å². The molecule has 0 atom stereocenters. The SMILES string of the molecule is COC(=O)Nc1ccc(=O)[nH]c1. The molecule has 1 aromatic rings. The van der Waals surface area contributed by atoms with Crippen LogP contribution in [0.2, 0.25) is 0 Å². The van der Waals surface area contributed by atoms with Gasteiger partial charge in [0.25, 0.3) is 0 Å². The summed E-state index contributed by atoms with van der Waals surface area (Å²) < 4.78 is 4.34. The fraction of sp³-hybridized carbons (Fsp3) is 0.143. The maximum Gasteiger partial charge on any atom is 0.411 e. The lowest BCUT2D eigenvalue weighted by atomic mass is 10.4. The number of carbonyl (C=O) groups excluding carboxylic acids is 1. The molecule has 0 unspecified atom stereocenters. The Morgan fingerprint density at radius 3 is 2.83 bits per heavy atom. The Morgan fingerprint density at radius 2 is 2.33 bits per heavy atom. The van der Waals surface area contributed by atoms with Crippen LogP contribution in [-0.2, 0) is 4.74 Å². The Labute approximate surface area is 68.4 Å². The number of amides is 1. The lowest BCUT2D eigenvalue weighted by Crippen LogP contribution is -2.12. The first-order chi connectivity index (χ1) is 5.72. The number of ether oxygens (including phenoxy) is 1. The molecule has 0 saturated carbocycles. The van der Waals surface area contributed by atoms with E-state index in [-0.39, 0.29) is 5.56 Å². The number of carbonyl (C=O) groups is 1. The van der Waals surface area contributed by atoms with Crippen LogP contribution in [0.1, 0.15) is 0 Å². The molecule has 0 aliphatic heterocycles. The van der Waals surface area contributed by atoms with E-state index in [1.54, 1.807) is 0 Å². The third-order valence-electron chi connectivity index (χ3n) is 1.22. The van der Waals surface area contributed by atoms with Crippen molar-refractivity contribution in [2.75, 3.05) is 12.4 Å². The van der Waals surface area contributed by atoms with Gasteiger partial charge in [-0.25, -0.2) is 4.79 Å². The number of rotatable bonds is 1. The fourth-order valence-corrected chi connectivity index (χ4v) is 0.657. The summed E-state index contributed by atoms with van der Waals surface area (Å²) in [7, 11) is 1.26. The van der Waals surface area contributed by atoms with E-state index in [9.17, 15) is 9.59 Å². The van der Waals surface area contributed by atoms with Crippen LogP contribution < -0.4 is 10.9 Å². The van der Waals surface area contributed by atoms with Crippen molar-refractivity contribution in [2.45, 2.75) is 0 Å². The smallest absolute Gasteiger partial charge is 0.411 e. The summed E-state index contributed by atoms with van der Waals surface area (Å²) in [5.41, 5.74) is 0.270. The third kappa shape index (κ3) is 2.12. The molecule has 12 heavy (non-hydrogen) atoms. The maximum absolute atomic E-state index is 10.6. The van der Waals surface area contributed by atoms with Crippen LogP contribution >= 0.6 is 0 Å². The van der Waals surface area contributed by atoms with E-state index in [1.165, 1.54) is 25.4 Å². The van der Waals surface area contributed by atoms with Gasteiger partial charge in [0.1, 0.15) is 0 Å². The number of aromatic amines is 1. The van der Waals surface area contributed by atoms with E-state index in [1.807, 2.05) is 0 Å². The van der Waals surface area contributed by atoms with Crippen LogP contribution in [-0.4, -0.2) is 18.2 Å². The van der Waals surface area contributed by atoms with Crippen LogP contribution in [0, 0.1) is 0 Å². The number of methoxy groups -OCH3 is 1. The molecule has 0 aliphatic carbocycles. The number of anilines is 1. The van der Waals surface area contributed by atoms with Gasteiger partial charge in [-0.2, -0.15) is 0 Å². The van der Waals surface area contributed by atoms with Crippen molar-refractivity contribution in [1.29, 1.82) is 0 Å². The molecule has 0 spiro atoms. The summed E-state index contributed by atoms with van der Waals surface area (Å²) in [5, 5.41) is 2.39. The lowest BCUT2D eigenvalue weighted by molar-refractivity contribution is 0.187. The molecular weight excluding hydrogens is 160 g/mol. The molecule has 0 fully saturated rings. The van der Waals surface area contributed by atoms with Crippen LogP contribution in [0.5, 0.6) is 0 Å². The van der Waals surface area contributed by atoms with Gasteiger partial charge in [0, 0.05) is 12.3 Å². The molecule has 1 heterocycles. The molecule has 0 radical (unpaired) electrons. The van der Waals surface area contributed by atoms with Gasteiger partial charge in [0.15, 0.2) is 0 Å². The molecular formula is C7H8N2O3. The normalized spacial score (nSPS) is 9.08. The number of aromatic nitrogens is 1. The fourth-order valence-electron chi connectivity index (χ4n) is 0.657. The molecule has 2 N–H and O–H groups in total. The number of H-pyrrole nitrogens is 1. The van der Waals surface area contributed by atoms with E-state index < -0.39 is 6.09 Å². The summed E-state index contributed by atoms with van der Waals surface area (Å²) in [6.07, 6.45) is 0.821. The zero-order chi connectivity index (χ0) is 8.97. The first-order valence-electron chi connectivity index (χ1n) is 3.26. The van der Waals surface area contributed by atoms with Crippen molar-refractivity contribution < 1.29 is 9.53 Å². The second-order valence-corrected chi connectivity index (χ2v) is 2.06. The zero-order valence-corrected chi connectivity index (χ0v) is 6.46. The number of nitrogens with one attached hydrogen (secondary N) is 2. The van der Waals surface area contributed by atoms with E-state index in [0.717, 1.165) is 0 Å². The van der Waals surface area contributed by atoms with Gasteiger partial charge in [0.05, 0.1) is 12.8 Å². The highest BCUT2D eigenvalue weighted by atomic mass is 16.5. The van der Waals surface area contributed by atoms with Gasteiger partial charge in [0.2, 0.25) is 5.56 Å². The van der Waals surface area contributed by atoms with Gasteiger partial charge >= 0.3 is 6.09 Å². The van der Waals surface area contributed by atoms with Gasteiger partial charge in [-0.3, -0.25) is 10.1 Å². The highest BCUT2D eigenvalue weighted by molar-refractivity contribution is 5.83. The summed E-state index contributed by atoms with van der Waals surface area (Å²) in [6.45, 7) is 0. The molecule has 64 valence electrons. The average Bonchev–Trinajstić information content (AvgIpc) is 2.09. The van der Waals surface area contributed by atoms with Gasteiger partial charge < -0.3 is 9.72 Å². The Balaban J connectivity index is 2.71. The molecule has 0 aromatic carbocycles. The third-order valence-corrected chi connectivity index (χ3v) is 1.22. The quantitative estimate of drug-likeness (QED) is 0.643. The topological polar surface area (TPSA) is 71.2 Å². The van der Waals surface area contributed by atoms with Gasteiger partial charge in [-0.05, 0) is 6.07 Å². The Hall–Kier alpha value is -1.78. The van der Waals surface area contributed by atoms with E-state index in [0.29, 0.717) is 5.69 Å². The van der Waals surface area contributed by atoms with E-state index >= 15 is 0 Å². The number of pyridine rings is 1. The minimum Gasteiger partial charge on any atom is -0.453 e. The predicted molar refractivity (Wildman–Crippen MR) is 43.1 cm³/mol. The monoisotopic (exact) mass is 168 g/mol. The summed E-state index contributed by atoms with van der Waals surface area (Å²) in [6, 6.07) is 2.79. The van der Waals surface area contributed by atoms with Crippen molar-refractivity contribution in [3.05, 3.63) is 28.7 Å². The molecule has 1 aromatic heterocycles. The first kappa shape index (κ1) is 8.32.